The van der Waals surface area contributed by atoms with Crippen molar-refractivity contribution in [2.45, 2.75) is 17.9 Å². The number of nitrogens with one attached hydrogen (secondary N) is 1. The molecule has 10 heteroatoms. The molecule has 0 aliphatic rings. The third kappa shape index (κ3) is 4.07. The Morgan fingerprint density at radius 2 is 2.19 bits per heavy atom. The van der Waals surface area contributed by atoms with E-state index in [1.807, 2.05) is 0 Å². The molecule has 2 rings (SSSR count). The molecule has 1 aromatic heterocycles. The number of hydrogen-bond donors (Lipinski definition) is 2. The molecule has 112 valence electrons. The van der Waals surface area contributed by atoms with Crippen LogP contribution in [0.5, 0.6) is 0 Å². The normalized spacial score (nSPS) is 11.3. The Hall–Kier alpha value is -2.33. The molecule has 0 aliphatic carbocycles. The lowest BCUT2D eigenvalue weighted by Crippen LogP contribution is -2.19. The number of sulfonamides is 1. The van der Waals surface area contributed by atoms with Crippen LogP contribution in [0.3, 0.4) is 0 Å². The predicted molar refractivity (Wildman–Crippen MR) is 71.0 cm³/mol. The summed E-state index contributed by atoms with van der Waals surface area (Å²) in [6, 6.07) is 2.84. The van der Waals surface area contributed by atoms with Gasteiger partial charge in [-0.1, -0.05) is 0 Å². The van der Waals surface area contributed by atoms with Gasteiger partial charge in [0.2, 0.25) is 15.9 Å². The van der Waals surface area contributed by atoms with Crippen LogP contribution in [0.25, 0.3) is 0 Å². The smallest absolute Gasteiger partial charge is 0.240 e. The van der Waals surface area contributed by atoms with Crippen LogP contribution in [0.1, 0.15) is 6.42 Å². The predicted octanol–water partition coefficient (Wildman–Crippen LogP) is 0.0934. The van der Waals surface area contributed by atoms with E-state index in [0.29, 0.717) is 0 Å². The van der Waals surface area contributed by atoms with Crippen molar-refractivity contribution < 1.29 is 17.6 Å². The van der Waals surface area contributed by atoms with Crippen molar-refractivity contribution >= 4 is 21.6 Å². The van der Waals surface area contributed by atoms with Gasteiger partial charge in [-0.3, -0.25) is 9.48 Å². The van der Waals surface area contributed by atoms with Crippen molar-refractivity contribution in [1.82, 2.24) is 14.8 Å². The minimum atomic E-state index is -4.06. The number of aryl methyl sites for hydroxylation is 1. The molecule has 0 radical (unpaired) electrons. The first-order chi connectivity index (χ1) is 9.86. The average molecular weight is 313 g/mol. The van der Waals surface area contributed by atoms with Gasteiger partial charge in [0.25, 0.3) is 0 Å². The first kappa shape index (κ1) is 15.1. The van der Waals surface area contributed by atoms with Crippen molar-refractivity contribution in [2.75, 3.05) is 5.32 Å². The summed E-state index contributed by atoms with van der Waals surface area (Å²) in [5, 5.41) is 11.1. The number of hydrogen-bond acceptors (Lipinski definition) is 5. The Morgan fingerprint density at radius 3 is 2.81 bits per heavy atom. The standard InChI is InChI=1S/C11H12FN5O3S/c12-8-1-2-10(21(13,19)20)9(5-8)16-11(18)3-4-17-7-14-6-15-17/h1-2,5-7H,3-4H2,(H,16,18)(H2,13,19,20). The first-order valence-electron chi connectivity index (χ1n) is 5.81. The molecular formula is C11H12FN5O3S. The quantitative estimate of drug-likeness (QED) is 0.810. The van der Waals surface area contributed by atoms with Gasteiger partial charge in [-0.15, -0.1) is 0 Å². The summed E-state index contributed by atoms with van der Waals surface area (Å²) < 4.78 is 37.4. The molecule has 1 amide bonds. The summed E-state index contributed by atoms with van der Waals surface area (Å²) in [4.78, 5) is 15.1. The van der Waals surface area contributed by atoms with Crippen LogP contribution in [0.2, 0.25) is 0 Å². The second-order valence-corrected chi connectivity index (χ2v) is 5.67. The van der Waals surface area contributed by atoms with Gasteiger partial charge in [0.05, 0.1) is 12.2 Å². The van der Waals surface area contributed by atoms with Gasteiger partial charge in [-0.05, 0) is 18.2 Å². The Kier molecular flexibility index (Phi) is 4.29. The topological polar surface area (TPSA) is 120 Å². The number of halogens is 1. The molecule has 1 heterocycles. The number of nitrogens with zero attached hydrogens (tertiary/aromatic N) is 3. The molecule has 0 atom stereocenters. The number of nitrogens with two attached hydrogens (primary N) is 1. The maximum absolute atomic E-state index is 13.2. The maximum atomic E-state index is 13.2. The molecule has 8 nitrogen and oxygen atoms in total. The van der Waals surface area contributed by atoms with Crippen molar-refractivity contribution in [3.63, 3.8) is 0 Å². The zero-order valence-corrected chi connectivity index (χ0v) is 11.5. The number of rotatable bonds is 5. The number of amides is 1. The van der Waals surface area contributed by atoms with Crippen LogP contribution in [0.15, 0.2) is 35.7 Å². The highest BCUT2D eigenvalue weighted by molar-refractivity contribution is 7.89. The zero-order chi connectivity index (χ0) is 15.5. The molecule has 0 saturated carbocycles. The summed E-state index contributed by atoms with van der Waals surface area (Å²) in [5.41, 5.74) is -0.193. The second kappa shape index (κ2) is 5.97. The first-order valence-corrected chi connectivity index (χ1v) is 7.35. The monoisotopic (exact) mass is 313 g/mol. The minimum Gasteiger partial charge on any atom is -0.325 e. The third-order valence-corrected chi connectivity index (χ3v) is 3.53. The molecule has 0 bridgehead atoms. The van der Waals surface area contributed by atoms with Crippen molar-refractivity contribution in [3.8, 4) is 0 Å². The zero-order valence-electron chi connectivity index (χ0n) is 10.7. The van der Waals surface area contributed by atoms with E-state index < -0.39 is 21.7 Å². The second-order valence-electron chi connectivity index (χ2n) is 4.14. The fourth-order valence-electron chi connectivity index (χ4n) is 1.62. The van der Waals surface area contributed by atoms with Crippen molar-refractivity contribution in [2.24, 2.45) is 5.14 Å². The molecule has 0 spiro atoms. The molecule has 21 heavy (non-hydrogen) atoms. The van der Waals surface area contributed by atoms with E-state index in [9.17, 15) is 17.6 Å². The van der Waals surface area contributed by atoms with Crippen LogP contribution >= 0.6 is 0 Å². The molecule has 3 N–H and O–H groups in total. The van der Waals surface area contributed by atoms with E-state index in [4.69, 9.17) is 5.14 Å². The largest absolute Gasteiger partial charge is 0.325 e. The van der Waals surface area contributed by atoms with Gasteiger partial charge in [-0.2, -0.15) is 5.10 Å². The summed E-state index contributed by atoms with van der Waals surface area (Å²) in [6.07, 6.45) is 2.78. The number of aromatic nitrogens is 3. The SMILES string of the molecule is NS(=O)(=O)c1ccc(F)cc1NC(=O)CCn1cncn1. The summed E-state index contributed by atoms with van der Waals surface area (Å²) >= 11 is 0. The van der Waals surface area contributed by atoms with Crippen molar-refractivity contribution in [1.29, 1.82) is 0 Å². The number of anilines is 1. The highest BCUT2D eigenvalue weighted by Crippen LogP contribution is 2.21. The Bertz CT molecular complexity index is 745. The fraction of sp³-hybridized carbons (Fsp3) is 0.182. The van der Waals surface area contributed by atoms with Crippen LogP contribution in [0.4, 0.5) is 10.1 Å². The van der Waals surface area contributed by atoms with Crippen LogP contribution < -0.4 is 10.5 Å². The van der Waals surface area contributed by atoms with Gasteiger partial charge >= 0.3 is 0 Å². The van der Waals surface area contributed by atoms with E-state index in [1.165, 1.54) is 17.3 Å². The average Bonchev–Trinajstić information content (AvgIpc) is 2.88. The van der Waals surface area contributed by atoms with Gasteiger partial charge in [0.15, 0.2) is 0 Å². The number of primary sulfonamides is 1. The summed E-state index contributed by atoms with van der Waals surface area (Å²) in [6.45, 7) is 0.256. The third-order valence-electron chi connectivity index (χ3n) is 2.56. The summed E-state index contributed by atoms with van der Waals surface area (Å²) in [7, 11) is -4.06. The number of benzene rings is 1. The molecule has 1 aromatic carbocycles. The minimum absolute atomic E-state index is 0.0178. The van der Waals surface area contributed by atoms with E-state index in [0.717, 1.165) is 18.2 Å². The number of carbonyl (C=O) groups is 1. The van der Waals surface area contributed by atoms with Gasteiger partial charge in [0, 0.05) is 6.42 Å². The maximum Gasteiger partial charge on any atom is 0.240 e. The molecule has 2 aromatic rings. The highest BCUT2D eigenvalue weighted by atomic mass is 32.2. The van der Waals surface area contributed by atoms with Crippen molar-refractivity contribution in [3.05, 3.63) is 36.7 Å². The Morgan fingerprint density at radius 1 is 1.43 bits per heavy atom. The lowest BCUT2D eigenvalue weighted by Gasteiger charge is -2.09. The number of carbonyl (C=O) groups excluding carboxylic acids is 1. The molecule has 0 unspecified atom stereocenters. The summed E-state index contributed by atoms with van der Waals surface area (Å²) in [5.74, 6) is -1.19. The van der Waals surface area contributed by atoms with E-state index in [-0.39, 0.29) is 23.5 Å². The fourth-order valence-corrected chi connectivity index (χ4v) is 2.30. The van der Waals surface area contributed by atoms with E-state index in [2.05, 4.69) is 15.4 Å². The highest BCUT2D eigenvalue weighted by Gasteiger charge is 2.16. The Labute approximate surface area is 119 Å². The van der Waals surface area contributed by atoms with Gasteiger partial charge in [-0.25, -0.2) is 22.9 Å². The molecular weight excluding hydrogens is 301 g/mol. The lowest BCUT2D eigenvalue weighted by molar-refractivity contribution is -0.116. The van der Waals surface area contributed by atoms with Gasteiger partial charge < -0.3 is 5.32 Å². The van der Waals surface area contributed by atoms with Crippen LogP contribution in [-0.2, 0) is 21.4 Å². The van der Waals surface area contributed by atoms with E-state index >= 15 is 0 Å². The van der Waals surface area contributed by atoms with Crippen LogP contribution in [-0.4, -0.2) is 29.1 Å². The molecule has 0 saturated heterocycles. The van der Waals surface area contributed by atoms with E-state index in [1.54, 1.807) is 0 Å². The molecule has 0 fully saturated rings. The Balaban J connectivity index is 2.11. The lowest BCUT2D eigenvalue weighted by atomic mass is 10.3. The van der Waals surface area contributed by atoms with Gasteiger partial charge in [0.1, 0.15) is 23.4 Å². The van der Waals surface area contributed by atoms with Crippen LogP contribution in [0, 0.1) is 5.82 Å². The molecule has 0 aliphatic heterocycles.